The van der Waals surface area contributed by atoms with Crippen molar-refractivity contribution in [2.45, 2.75) is 13.5 Å². The molecule has 0 N–H and O–H groups in total. The third kappa shape index (κ3) is 6.08. The molecule has 1 fully saturated rings. The summed E-state index contributed by atoms with van der Waals surface area (Å²) in [6, 6.07) is 29.1. The Morgan fingerprint density at radius 2 is 1.50 bits per heavy atom. The molecule has 0 saturated carbocycles. The quantitative estimate of drug-likeness (QED) is 0.204. The van der Waals surface area contributed by atoms with Crippen molar-refractivity contribution < 1.29 is 14.3 Å². The molecule has 5 aromatic rings. The second kappa shape index (κ2) is 12.2. The number of nitrogens with zero attached hydrogens (tertiary/aromatic N) is 4. The molecule has 0 radical (unpaired) electrons. The molecule has 0 aliphatic carbocycles. The minimum atomic E-state index is -0.0233. The fourth-order valence-corrected chi connectivity index (χ4v) is 5.40. The maximum Gasteiger partial charge on any atom is 0.260 e. The number of ether oxygens (including phenoxy) is 1. The number of aromatic nitrogens is 2. The van der Waals surface area contributed by atoms with Crippen LogP contribution in [0.15, 0.2) is 97.2 Å². The molecule has 8 heteroatoms. The van der Waals surface area contributed by atoms with Crippen LogP contribution in [0.4, 0.5) is 0 Å². The van der Waals surface area contributed by atoms with Crippen LogP contribution in [0.5, 0.6) is 5.75 Å². The summed E-state index contributed by atoms with van der Waals surface area (Å²) in [5, 5.41) is 0.630. The SMILES string of the molecule is CC(=O)c1ccc(-c2ccc3nc(-c4ccccc4)c(CN4CCN(C(=O)COc5ccc(Cl)cc5)CC4)n3c2)cc1. The van der Waals surface area contributed by atoms with Gasteiger partial charge in [0.05, 0.1) is 11.4 Å². The largest absolute Gasteiger partial charge is 0.484 e. The maximum atomic E-state index is 12.8. The predicted octanol–water partition coefficient (Wildman–Crippen LogP) is 6.25. The molecule has 0 spiro atoms. The molecule has 2 aromatic heterocycles. The van der Waals surface area contributed by atoms with Crippen LogP contribution in [0.1, 0.15) is 23.0 Å². The number of carbonyl (C=O) groups excluding carboxylic acids is 2. The van der Waals surface area contributed by atoms with Gasteiger partial charge in [0.2, 0.25) is 0 Å². The fourth-order valence-electron chi connectivity index (χ4n) is 5.27. The minimum Gasteiger partial charge on any atom is -0.484 e. The first-order valence-corrected chi connectivity index (χ1v) is 14.4. The van der Waals surface area contributed by atoms with E-state index in [4.69, 9.17) is 21.3 Å². The van der Waals surface area contributed by atoms with E-state index in [0.29, 0.717) is 36.0 Å². The van der Waals surface area contributed by atoms with E-state index in [1.165, 1.54) is 0 Å². The molecule has 212 valence electrons. The van der Waals surface area contributed by atoms with E-state index in [1.54, 1.807) is 31.2 Å². The van der Waals surface area contributed by atoms with Gasteiger partial charge in [-0.05, 0) is 54.4 Å². The van der Waals surface area contributed by atoms with Gasteiger partial charge in [-0.15, -0.1) is 0 Å². The van der Waals surface area contributed by atoms with Crippen molar-refractivity contribution in [3.05, 3.63) is 113 Å². The lowest BCUT2D eigenvalue weighted by molar-refractivity contribution is -0.135. The molecule has 0 unspecified atom stereocenters. The zero-order chi connectivity index (χ0) is 29.1. The van der Waals surface area contributed by atoms with Crippen LogP contribution >= 0.6 is 11.6 Å². The zero-order valence-electron chi connectivity index (χ0n) is 23.4. The van der Waals surface area contributed by atoms with Crippen molar-refractivity contribution >= 4 is 28.9 Å². The third-order valence-corrected chi connectivity index (χ3v) is 7.92. The highest BCUT2D eigenvalue weighted by molar-refractivity contribution is 6.30. The Hall–Kier alpha value is -4.46. The van der Waals surface area contributed by atoms with Gasteiger partial charge in [0, 0.05) is 55.1 Å². The van der Waals surface area contributed by atoms with Gasteiger partial charge in [-0.2, -0.15) is 0 Å². The smallest absolute Gasteiger partial charge is 0.260 e. The molecule has 3 aromatic carbocycles. The molecule has 3 heterocycles. The first-order valence-electron chi connectivity index (χ1n) is 14.0. The molecule has 1 aliphatic rings. The second-order valence-corrected chi connectivity index (χ2v) is 10.9. The van der Waals surface area contributed by atoms with Crippen LogP contribution in [0, 0.1) is 0 Å². The molecule has 1 amide bonds. The van der Waals surface area contributed by atoms with Crippen LogP contribution in [0.3, 0.4) is 0 Å². The van der Waals surface area contributed by atoms with Gasteiger partial charge in [0.1, 0.15) is 11.4 Å². The highest BCUT2D eigenvalue weighted by Crippen LogP contribution is 2.29. The Morgan fingerprint density at radius 1 is 0.810 bits per heavy atom. The number of pyridine rings is 1. The van der Waals surface area contributed by atoms with Crippen molar-refractivity contribution in [1.29, 1.82) is 0 Å². The molecule has 0 bridgehead atoms. The number of hydrogen-bond donors (Lipinski definition) is 0. The minimum absolute atomic E-state index is 0.00319. The average molecular weight is 579 g/mol. The number of fused-ring (bicyclic) bond motifs is 1. The van der Waals surface area contributed by atoms with Crippen LogP contribution in [-0.4, -0.2) is 63.7 Å². The van der Waals surface area contributed by atoms with E-state index >= 15 is 0 Å². The number of piperazine rings is 1. The summed E-state index contributed by atoms with van der Waals surface area (Å²) in [6.45, 7) is 5.04. The van der Waals surface area contributed by atoms with Gasteiger partial charge in [0.25, 0.3) is 5.91 Å². The van der Waals surface area contributed by atoms with Gasteiger partial charge < -0.3 is 14.0 Å². The van der Waals surface area contributed by atoms with E-state index < -0.39 is 0 Å². The number of Topliss-reactive ketones (excluding diaryl/α,β-unsaturated/α-hetero) is 1. The van der Waals surface area contributed by atoms with Gasteiger partial charge in [-0.3, -0.25) is 14.5 Å². The Bertz CT molecular complexity index is 1710. The van der Waals surface area contributed by atoms with E-state index in [2.05, 4.69) is 33.7 Å². The van der Waals surface area contributed by atoms with Crippen LogP contribution in [-0.2, 0) is 11.3 Å². The van der Waals surface area contributed by atoms with Crippen LogP contribution in [0.2, 0.25) is 5.02 Å². The van der Waals surface area contributed by atoms with E-state index in [0.717, 1.165) is 46.8 Å². The number of amides is 1. The first kappa shape index (κ1) is 27.7. The standard InChI is InChI=1S/C34H31ClN4O3/c1-24(40)25-7-9-26(10-8-25)28-11-16-32-36-34(27-5-3-2-4-6-27)31(39(32)21-28)22-37-17-19-38(20-18-37)33(41)23-42-30-14-12-29(35)13-15-30/h2-16,21H,17-20,22-23H2,1H3. The molecular formula is C34H31ClN4O3. The second-order valence-electron chi connectivity index (χ2n) is 10.5. The lowest BCUT2D eigenvalue weighted by Crippen LogP contribution is -2.49. The summed E-state index contributed by atoms with van der Waals surface area (Å²) in [6.07, 6.45) is 2.13. The maximum absolute atomic E-state index is 12.8. The highest BCUT2D eigenvalue weighted by atomic mass is 35.5. The van der Waals surface area contributed by atoms with Crippen molar-refractivity contribution in [2.24, 2.45) is 0 Å². The number of carbonyl (C=O) groups is 2. The summed E-state index contributed by atoms with van der Waals surface area (Å²) in [4.78, 5) is 33.8. The Labute approximate surface area is 249 Å². The van der Waals surface area contributed by atoms with Crippen LogP contribution < -0.4 is 4.74 Å². The number of benzene rings is 3. The van der Waals surface area contributed by atoms with E-state index in [1.807, 2.05) is 53.4 Å². The van der Waals surface area contributed by atoms with Crippen molar-refractivity contribution in [1.82, 2.24) is 19.2 Å². The topological polar surface area (TPSA) is 67.2 Å². The number of rotatable bonds is 8. The average Bonchev–Trinajstić information content (AvgIpc) is 3.39. The van der Waals surface area contributed by atoms with Gasteiger partial charge in [0.15, 0.2) is 12.4 Å². The Balaban J connectivity index is 1.20. The lowest BCUT2D eigenvalue weighted by Gasteiger charge is -2.34. The van der Waals surface area contributed by atoms with Gasteiger partial charge >= 0.3 is 0 Å². The summed E-state index contributed by atoms with van der Waals surface area (Å²) in [5.41, 5.74) is 6.78. The number of imidazole rings is 1. The molecule has 0 atom stereocenters. The molecule has 6 rings (SSSR count). The number of hydrogen-bond acceptors (Lipinski definition) is 5. The molecule has 42 heavy (non-hydrogen) atoms. The van der Waals surface area contributed by atoms with E-state index in [-0.39, 0.29) is 18.3 Å². The normalized spacial score (nSPS) is 13.8. The van der Waals surface area contributed by atoms with Gasteiger partial charge in [-0.1, -0.05) is 66.2 Å². The van der Waals surface area contributed by atoms with Gasteiger partial charge in [-0.25, -0.2) is 4.98 Å². The van der Waals surface area contributed by atoms with Crippen LogP contribution in [0.25, 0.3) is 28.0 Å². The molecule has 1 aliphatic heterocycles. The molecule has 7 nitrogen and oxygen atoms in total. The summed E-state index contributed by atoms with van der Waals surface area (Å²) in [7, 11) is 0. The predicted molar refractivity (Wildman–Crippen MR) is 165 cm³/mol. The highest BCUT2D eigenvalue weighted by Gasteiger charge is 2.24. The molecule has 1 saturated heterocycles. The summed E-state index contributed by atoms with van der Waals surface area (Å²) in [5.74, 6) is 0.656. The summed E-state index contributed by atoms with van der Waals surface area (Å²) >= 11 is 5.94. The monoisotopic (exact) mass is 578 g/mol. The lowest BCUT2D eigenvalue weighted by atomic mass is 10.0. The van der Waals surface area contributed by atoms with Crippen molar-refractivity contribution in [3.63, 3.8) is 0 Å². The number of halogens is 1. The Morgan fingerprint density at radius 3 is 2.19 bits per heavy atom. The fraction of sp³-hybridized carbons (Fsp3) is 0.206. The van der Waals surface area contributed by atoms with Crippen molar-refractivity contribution in [2.75, 3.05) is 32.8 Å². The summed E-state index contributed by atoms with van der Waals surface area (Å²) < 4.78 is 7.85. The zero-order valence-corrected chi connectivity index (χ0v) is 24.1. The first-order chi connectivity index (χ1) is 20.4. The van der Waals surface area contributed by atoms with E-state index in [9.17, 15) is 9.59 Å². The third-order valence-electron chi connectivity index (χ3n) is 7.66. The van der Waals surface area contributed by atoms with Crippen molar-refractivity contribution in [3.8, 4) is 28.1 Å². The number of ketones is 1. The Kier molecular flexibility index (Phi) is 8.04. The molecular weight excluding hydrogens is 548 g/mol.